The smallest absolute Gasteiger partial charge is 0.0162 e. The topological polar surface area (TPSA) is 0 Å². The molecule has 3 aromatic carbocycles. The highest BCUT2D eigenvalue weighted by atomic mass is 14.3. The standard InChI is InChI=1S/C28H30/c1-3-5-6-22-8-10-23(11-9-22)24-13-15-25(16-14-24)27-18-17-26-19-21(4-2)7-12-28(26)20-27/h3-4,7,12-20,22-23H,1-2,5-6,8-11H2. The van der Waals surface area contributed by atoms with Gasteiger partial charge in [-0.1, -0.05) is 67.3 Å². The monoisotopic (exact) mass is 366 g/mol. The SMILES string of the molecule is C=CCCC1CCC(c2ccc(-c3ccc4cc(C=C)ccc4c3)cc2)CC1. The first kappa shape index (κ1) is 18.7. The Bertz CT molecular complexity index is 953. The molecular formula is C28H30. The fourth-order valence-corrected chi connectivity index (χ4v) is 4.66. The van der Waals surface area contributed by atoms with Crippen LogP contribution in [0.4, 0.5) is 0 Å². The molecule has 0 bridgehead atoms. The molecule has 1 aliphatic carbocycles. The van der Waals surface area contributed by atoms with Crippen molar-refractivity contribution in [2.24, 2.45) is 5.92 Å². The zero-order valence-electron chi connectivity index (χ0n) is 16.7. The summed E-state index contributed by atoms with van der Waals surface area (Å²) in [5, 5.41) is 2.55. The zero-order chi connectivity index (χ0) is 19.3. The van der Waals surface area contributed by atoms with E-state index in [-0.39, 0.29) is 0 Å². The lowest BCUT2D eigenvalue weighted by atomic mass is 9.77. The van der Waals surface area contributed by atoms with Crippen LogP contribution >= 0.6 is 0 Å². The van der Waals surface area contributed by atoms with Gasteiger partial charge < -0.3 is 0 Å². The van der Waals surface area contributed by atoms with E-state index in [9.17, 15) is 0 Å². The summed E-state index contributed by atoms with van der Waals surface area (Å²) >= 11 is 0. The maximum absolute atomic E-state index is 3.86. The van der Waals surface area contributed by atoms with Crippen molar-refractivity contribution in [1.29, 1.82) is 0 Å². The third-order valence-corrected chi connectivity index (χ3v) is 6.44. The van der Waals surface area contributed by atoms with E-state index in [1.54, 1.807) is 0 Å². The lowest BCUT2D eigenvalue weighted by Gasteiger charge is -2.28. The molecule has 0 radical (unpaired) electrons. The van der Waals surface area contributed by atoms with E-state index in [1.807, 2.05) is 6.08 Å². The van der Waals surface area contributed by atoms with Crippen LogP contribution < -0.4 is 0 Å². The van der Waals surface area contributed by atoms with Crippen LogP contribution in [-0.2, 0) is 0 Å². The Morgan fingerprint density at radius 3 is 2.14 bits per heavy atom. The second-order valence-electron chi connectivity index (χ2n) is 8.23. The second-order valence-corrected chi connectivity index (χ2v) is 8.23. The van der Waals surface area contributed by atoms with Gasteiger partial charge in [-0.3, -0.25) is 0 Å². The van der Waals surface area contributed by atoms with E-state index in [1.165, 1.54) is 71.6 Å². The van der Waals surface area contributed by atoms with E-state index in [2.05, 4.69) is 79.9 Å². The summed E-state index contributed by atoms with van der Waals surface area (Å²) in [4.78, 5) is 0. The summed E-state index contributed by atoms with van der Waals surface area (Å²) in [5.41, 5.74) is 5.28. The summed E-state index contributed by atoms with van der Waals surface area (Å²) in [7, 11) is 0. The molecule has 4 rings (SSSR count). The van der Waals surface area contributed by atoms with Gasteiger partial charge in [-0.2, -0.15) is 0 Å². The highest BCUT2D eigenvalue weighted by Gasteiger charge is 2.21. The van der Waals surface area contributed by atoms with Gasteiger partial charge >= 0.3 is 0 Å². The van der Waals surface area contributed by atoms with Crippen LogP contribution in [0, 0.1) is 5.92 Å². The molecule has 1 saturated carbocycles. The zero-order valence-corrected chi connectivity index (χ0v) is 16.7. The average molecular weight is 367 g/mol. The van der Waals surface area contributed by atoms with Gasteiger partial charge in [0, 0.05) is 0 Å². The summed E-state index contributed by atoms with van der Waals surface area (Å²) < 4.78 is 0. The van der Waals surface area contributed by atoms with E-state index < -0.39 is 0 Å². The minimum Gasteiger partial charge on any atom is -0.103 e. The van der Waals surface area contributed by atoms with Crippen LogP contribution in [0.15, 0.2) is 79.9 Å². The first-order chi connectivity index (χ1) is 13.8. The van der Waals surface area contributed by atoms with Crippen LogP contribution in [0.2, 0.25) is 0 Å². The average Bonchev–Trinajstić information content (AvgIpc) is 2.77. The van der Waals surface area contributed by atoms with Crippen molar-refractivity contribution in [2.45, 2.75) is 44.4 Å². The van der Waals surface area contributed by atoms with Crippen LogP contribution in [0.25, 0.3) is 28.0 Å². The van der Waals surface area contributed by atoms with Gasteiger partial charge in [0.15, 0.2) is 0 Å². The highest BCUT2D eigenvalue weighted by Crippen LogP contribution is 2.38. The first-order valence-electron chi connectivity index (χ1n) is 10.6. The van der Waals surface area contributed by atoms with Gasteiger partial charge in [0.05, 0.1) is 0 Å². The van der Waals surface area contributed by atoms with Gasteiger partial charge in [-0.15, -0.1) is 6.58 Å². The third kappa shape index (κ3) is 4.12. The predicted molar refractivity (Wildman–Crippen MR) is 124 cm³/mol. The van der Waals surface area contributed by atoms with Crippen molar-refractivity contribution in [2.75, 3.05) is 0 Å². The minimum absolute atomic E-state index is 0.739. The van der Waals surface area contributed by atoms with Crippen LogP contribution in [0.5, 0.6) is 0 Å². The Balaban J connectivity index is 1.47. The fourth-order valence-electron chi connectivity index (χ4n) is 4.66. The first-order valence-corrected chi connectivity index (χ1v) is 10.6. The second kappa shape index (κ2) is 8.61. The summed E-state index contributed by atoms with van der Waals surface area (Å²) in [6.45, 7) is 7.72. The maximum Gasteiger partial charge on any atom is -0.0162 e. The quantitative estimate of drug-likeness (QED) is 0.384. The summed E-state index contributed by atoms with van der Waals surface area (Å²) in [6, 6.07) is 22.6. The molecule has 28 heavy (non-hydrogen) atoms. The fraction of sp³-hybridized carbons (Fsp3) is 0.286. The molecule has 3 aromatic rings. The Labute approximate surface area is 169 Å². The Morgan fingerprint density at radius 2 is 1.43 bits per heavy atom. The molecular weight excluding hydrogens is 336 g/mol. The van der Waals surface area contributed by atoms with Crippen LogP contribution in [-0.4, -0.2) is 0 Å². The number of rotatable bonds is 6. The van der Waals surface area contributed by atoms with Crippen molar-refractivity contribution in [3.05, 3.63) is 91.0 Å². The molecule has 142 valence electrons. The summed E-state index contributed by atoms with van der Waals surface area (Å²) in [5.74, 6) is 1.65. The van der Waals surface area contributed by atoms with E-state index in [4.69, 9.17) is 0 Å². The van der Waals surface area contributed by atoms with Gasteiger partial charge in [0.25, 0.3) is 0 Å². The van der Waals surface area contributed by atoms with Gasteiger partial charge in [0.2, 0.25) is 0 Å². The van der Waals surface area contributed by atoms with Gasteiger partial charge in [-0.05, 0) is 95.5 Å². The number of allylic oxidation sites excluding steroid dienone is 1. The van der Waals surface area contributed by atoms with Crippen molar-refractivity contribution < 1.29 is 0 Å². The van der Waals surface area contributed by atoms with E-state index in [0.717, 1.165) is 11.8 Å². The number of benzene rings is 3. The van der Waals surface area contributed by atoms with Crippen molar-refractivity contribution in [3.8, 4) is 11.1 Å². The largest absolute Gasteiger partial charge is 0.103 e. The Hall–Kier alpha value is -2.60. The molecule has 0 aliphatic heterocycles. The number of hydrogen-bond acceptors (Lipinski definition) is 0. The van der Waals surface area contributed by atoms with E-state index >= 15 is 0 Å². The molecule has 0 nitrogen and oxygen atoms in total. The highest BCUT2D eigenvalue weighted by molar-refractivity contribution is 5.88. The Morgan fingerprint density at radius 1 is 0.750 bits per heavy atom. The molecule has 0 atom stereocenters. The van der Waals surface area contributed by atoms with E-state index in [0.29, 0.717) is 0 Å². The van der Waals surface area contributed by atoms with Gasteiger partial charge in [0.1, 0.15) is 0 Å². The third-order valence-electron chi connectivity index (χ3n) is 6.44. The molecule has 0 heterocycles. The molecule has 0 amide bonds. The summed E-state index contributed by atoms with van der Waals surface area (Å²) in [6.07, 6.45) is 11.9. The normalized spacial score (nSPS) is 19.4. The van der Waals surface area contributed by atoms with Crippen molar-refractivity contribution in [3.63, 3.8) is 0 Å². The molecule has 0 saturated heterocycles. The molecule has 1 fully saturated rings. The van der Waals surface area contributed by atoms with Crippen molar-refractivity contribution in [1.82, 2.24) is 0 Å². The number of hydrogen-bond donors (Lipinski definition) is 0. The molecule has 0 aromatic heterocycles. The molecule has 0 unspecified atom stereocenters. The lowest BCUT2D eigenvalue weighted by molar-refractivity contribution is 0.312. The molecule has 0 heteroatoms. The molecule has 0 N–H and O–H groups in total. The molecule has 1 aliphatic rings. The Kier molecular flexibility index (Phi) is 5.76. The number of fused-ring (bicyclic) bond motifs is 1. The minimum atomic E-state index is 0.739. The predicted octanol–water partition coefficient (Wildman–Crippen LogP) is 8.39. The lowest BCUT2D eigenvalue weighted by Crippen LogP contribution is -2.13. The van der Waals surface area contributed by atoms with Crippen molar-refractivity contribution >= 4 is 16.8 Å². The van der Waals surface area contributed by atoms with Gasteiger partial charge in [-0.25, -0.2) is 0 Å². The van der Waals surface area contributed by atoms with Crippen LogP contribution in [0.3, 0.4) is 0 Å². The van der Waals surface area contributed by atoms with Crippen LogP contribution in [0.1, 0.15) is 55.6 Å². The molecule has 0 spiro atoms. The maximum atomic E-state index is 3.86.